The standard InChI is InChI=1S/C42H70O35.C13H18O2/c43-1-8-29-15(50)22(57)36(64-8)72-30-9(2-44)66-38(24(59)17(30)52)74-32-11(4-46)68-40(26(61)19(32)54)76-34-13(6-48)70-42(28(63)21(34)56)77-35-14(7-49)69-41(27(62)20(35)55)75-33-12(5-47)67-39(25(60)18(33)53)73-31-10(3-45)65-37(71-29)23(58)16(31)51;1-9(2)8-11-4-6-12(7-5-11)10(3)13(14)15/h8-63H,1-7H2;4-7,9-10H,8H2,1-3H3,(H,14,15)/t8-,9-,10-,11-,12-,13-,14-,15-,16-,17-,18-,19-,20+,21+,22-,23-,24-,25-,26-,27+,28+,29-,30-,31-,32-,33-,34-,35-,36-,37-,38-,39-,40-,41-,42-;/m1./s1. The fourth-order valence-corrected chi connectivity index (χ4v) is 12.0. The van der Waals surface area contributed by atoms with E-state index < -0.39 is 273 Å². The smallest absolute Gasteiger partial charge is 0.310 e. The first-order valence-corrected chi connectivity index (χ1v) is 29.9. The minimum absolute atomic E-state index is 0.418. The summed E-state index contributed by atoms with van der Waals surface area (Å²) < 4.78 is 79.5. The molecule has 37 heteroatoms. The summed E-state index contributed by atoms with van der Waals surface area (Å²) >= 11 is 0. The Balaban J connectivity index is 0.000000637. The Morgan fingerprint density at radius 2 is 0.478 bits per heavy atom. The van der Waals surface area contributed by atoms with E-state index >= 15 is 0 Å². The van der Waals surface area contributed by atoms with Gasteiger partial charge in [0.15, 0.2) is 44.0 Å². The van der Waals surface area contributed by atoms with Gasteiger partial charge in [0, 0.05) is 0 Å². The number of ether oxygens (including phenoxy) is 14. The van der Waals surface area contributed by atoms with Crippen LogP contribution in [0.4, 0.5) is 0 Å². The highest BCUT2D eigenvalue weighted by atomic mass is 16.8. The molecule has 530 valence electrons. The van der Waals surface area contributed by atoms with Gasteiger partial charge in [0.25, 0.3) is 0 Å². The summed E-state index contributed by atoms with van der Waals surface area (Å²) in [6.07, 6.45) is -69.2. The molecule has 0 radical (unpaired) electrons. The molecular formula is C55H88O37. The van der Waals surface area contributed by atoms with Crippen LogP contribution in [-0.2, 0) is 77.5 Å². The van der Waals surface area contributed by atoms with Crippen molar-refractivity contribution in [3.8, 4) is 0 Å². The number of aliphatic hydroxyl groups excluding tert-OH is 21. The van der Waals surface area contributed by atoms with Crippen LogP contribution in [0.5, 0.6) is 0 Å². The molecule has 0 spiro atoms. The average molecular weight is 1340 g/mol. The lowest BCUT2D eigenvalue weighted by atomic mass is 9.95. The van der Waals surface area contributed by atoms with Crippen molar-refractivity contribution < 1.29 is 183 Å². The van der Waals surface area contributed by atoms with Crippen molar-refractivity contribution in [2.45, 2.75) is 248 Å². The Morgan fingerprint density at radius 1 is 0.304 bits per heavy atom. The van der Waals surface area contributed by atoms with Crippen LogP contribution in [0.3, 0.4) is 0 Å². The molecule has 21 heterocycles. The summed E-state index contributed by atoms with van der Waals surface area (Å²) in [6, 6.07) is 7.87. The largest absolute Gasteiger partial charge is 0.481 e. The summed E-state index contributed by atoms with van der Waals surface area (Å²) in [5, 5.41) is 239. The van der Waals surface area contributed by atoms with E-state index in [4.69, 9.17) is 71.4 Å². The highest BCUT2D eigenvalue weighted by Gasteiger charge is 2.59. The number of carbonyl (C=O) groups is 1. The second-order valence-corrected chi connectivity index (χ2v) is 24.1. The number of benzene rings is 1. The lowest BCUT2D eigenvalue weighted by Crippen LogP contribution is -2.68. The van der Waals surface area contributed by atoms with Gasteiger partial charge in [-0.3, -0.25) is 4.79 Å². The second-order valence-electron chi connectivity index (χ2n) is 24.1. The van der Waals surface area contributed by atoms with E-state index in [0.29, 0.717) is 5.92 Å². The number of carboxylic acids is 1. The normalized spacial score (nSPS) is 48.4. The Bertz CT molecular complexity index is 2040. The second kappa shape index (κ2) is 32.8. The Labute approximate surface area is 523 Å². The van der Waals surface area contributed by atoms with E-state index in [1.54, 1.807) is 6.92 Å². The van der Waals surface area contributed by atoms with Gasteiger partial charge in [0.1, 0.15) is 171 Å². The zero-order valence-corrected chi connectivity index (χ0v) is 49.8. The lowest BCUT2D eigenvalue weighted by molar-refractivity contribution is -0.396. The number of carboxylic acid groups (broad SMARTS) is 1. The van der Waals surface area contributed by atoms with Crippen LogP contribution < -0.4 is 0 Å². The molecule has 22 N–H and O–H groups in total. The molecule has 21 aliphatic heterocycles. The van der Waals surface area contributed by atoms with Crippen LogP contribution in [0.25, 0.3) is 0 Å². The fraction of sp³-hybridized carbons (Fsp3) is 0.873. The monoisotopic (exact) mass is 1340 g/mol. The minimum Gasteiger partial charge on any atom is -0.481 e. The number of rotatable bonds is 11. The van der Waals surface area contributed by atoms with E-state index in [9.17, 15) is 112 Å². The molecule has 1 aromatic rings. The maximum Gasteiger partial charge on any atom is 0.310 e. The Morgan fingerprint density at radius 3 is 0.620 bits per heavy atom. The van der Waals surface area contributed by atoms with E-state index in [1.807, 2.05) is 24.3 Å². The van der Waals surface area contributed by atoms with E-state index in [1.165, 1.54) is 5.56 Å². The van der Waals surface area contributed by atoms with Crippen LogP contribution in [-0.4, -0.2) is 380 Å². The SMILES string of the molecule is CC(C)Cc1ccc(C(C)C(=O)O)cc1.OC[C@H]1O[C@@H]2O[C@H]3[C@H](O)[C@@H](O)[C@@H](O[C@H]4[C@H](O)[C@@H](O)[C@@H](O[C@H]5[C@H](O)[C@@H](O)[C@@H](O[C@H]6[C@H](O)[C@@H](O)[C@@H](O[C@H]7[C@@H](O)[C@H](O)[C@@H](O[C@H]8[C@@H](O)[C@H](O)[C@@H](O[C@H]1[C@H](O)[C@H]2O)O[C@@H]8CO)O[C@@H]7CO)O[C@@H]6CO)O[C@@H]5CO)O[C@@H]4CO)O[C@@H]3CO. The van der Waals surface area contributed by atoms with Crippen molar-refractivity contribution in [2.75, 3.05) is 46.2 Å². The third-order valence-electron chi connectivity index (χ3n) is 17.3. The third kappa shape index (κ3) is 16.0. The Hall–Kier alpha value is -2.71. The summed E-state index contributed by atoms with van der Waals surface area (Å²) in [6.45, 7) is -1.27. The fourth-order valence-electron chi connectivity index (χ4n) is 12.0. The van der Waals surface area contributed by atoms with Crippen molar-refractivity contribution in [1.29, 1.82) is 0 Å². The van der Waals surface area contributed by atoms with Gasteiger partial charge in [-0.2, -0.15) is 0 Å². The maximum absolute atomic E-state index is 11.3. The molecule has 14 bridgehead atoms. The first kappa shape index (κ1) is 75.1. The molecule has 0 aromatic heterocycles. The molecule has 0 saturated carbocycles. The molecule has 21 fully saturated rings. The number of aliphatic carboxylic acids is 1. The molecule has 92 heavy (non-hydrogen) atoms. The highest BCUT2D eigenvalue weighted by Crippen LogP contribution is 2.39. The molecule has 21 aliphatic rings. The van der Waals surface area contributed by atoms with Gasteiger partial charge >= 0.3 is 5.97 Å². The number of aliphatic hydroxyl groups is 21. The van der Waals surface area contributed by atoms with Gasteiger partial charge in [-0.05, 0) is 30.4 Å². The van der Waals surface area contributed by atoms with Gasteiger partial charge in [0.2, 0.25) is 0 Å². The van der Waals surface area contributed by atoms with Crippen LogP contribution >= 0.6 is 0 Å². The molecule has 21 saturated heterocycles. The van der Waals surface area contributed by atoms with Gasteiger partial charge in [-0.15, -0.1) is 0 Å². The van der Waals surface area contributed by atoms with E-state index in [-0.39, 0.29) is 0 Å². The first-order chi connectivity index (χ1) is 43.7. The quantitative estimate of drug-likeness (QED) is 0.0978. The molecule has 0 aliphatic carbocycles. The van der Waals surface area contributed by atoms with Crippen molar-refractivity contribution in [1.82, 2.24) is 0 Å². The zero-order chi connectivity index (χ0) is 67.5. The van der Waals surface area contributed by atoms with Gasteiger partial charge in [0.05, 0.1) is 52.2 Å². The summed E-state index contributed by atoms with van der Waals surface area (Å²) in [4.78, 5) is 10.8. The van der Waals surface area contributed by atoms with Crippen LogP contribution in [0.2, 0.25) is 0 Å². The molecule has 22 rings (SSSR count). The summed E-state index contributed by atoms with van der Waals surface area (Å²) in [7, 11) is 0. The predicted molar refractivity (Wildman–Crippen MR) is 289 cm³/mol. The van der Waals surface area contributed by atoms with Crippen molar-refractivity contribution >= 4 is 5.97 Å². The van der Waals surface area contributed by atoms with Gasteiger partial charge in [-0.1, -0.05) is 38.1 Å². The van der Waals surface area contributed by atoms with Gasteiger partial charge in [-0.25, -0.2) is 0 Å². The number of hydrogen-bond acceptors (Lipinski definition) is 36. The summed E-state index contributed by atoms with van der Waals surface area (Å²) in [5.41, 5.74) is 2.14. The predicted octanol–water partition coefficient (Wildman–Crippen LogP) is -12.2. The minimum atomic E-state index is -2.21. The molecule has 1 unspecified atom stereocenters. The molecular weight excluding hydrogens is 1250 g/mol. The Kier molecular flexibility index (Phi) is 26.7. The van der Waals surface area contributed by atoms with Gasteiger partial charge < -0.3 is 179 Å². The van der Waals surface area contributed by atoms with E-state index in [0.717, 1.165) is 12.0 Å². The molecule has 1 aromatic carbocycles. The zero-order valence-electron chi connectivity index (χ0n) is 49.8. The van der Waals surface area contributed by atoms with Crippen molar-refractivity contribution in [2.24, 2.45) is 5.92 Å². The third-order valence-corrected chi connectivity index (χ3v) is 17.3. The van der Waals surface area contributed by atoms with Crippen molar-refractivity contribution in [3.63, 3.8) is 0 Å². The van der Waals surface area contributed by atoms with Crippen LogP contribution in [0.1, 0.15) is 37.8 Å². The topological polar surface area (TPSA) is 591 Å². The molecule has 0 amide bonds. The molecule has 37 nitrogen and oxygen atoms in total. The van der Waals surface area contributed by atoms with E-state index in [2.05, 4.69) is 13.8 Å². The summed E-state index contributed by atoms with van der Waals surface area (Å²) in [5.74, 6) is -0.558. The van der Waals surface area contributed by atoms with Crippen molar-refractivity contribution in [3.05, 3.63) is 35.4 Å². The van der Waals surface area contributed by atoms with Crippen LogP contribution in [0.15, 0.2) is 24.3 Å². The first-order valence-electron chi connectivity index (χ1n) is 29.9. The average Bonchev–Trinajstić information content (AvgIpc) is 0.794. The highest BCUT2D eigenvalue weighted by molar-refractivity contribution is 5.75. The van der Waals surface area contributed by atoms with Crippen LogP contribution in [0, 0.1) is 5.92 Å². The number of hydrogen-bond donors (Lipinski definition) is 22. The molecule has 36 atom stereocenters. The lowest BCUT2D eigenvalue weighted by Gasteiger charge is -2.50. The maximum atomic E-state index is 11.3.